The summed E-state index contributed by atoms with van der Waals surface area (Å²) in [6, 6.07) is 3.64. The molecule has 0 saturated carbocycles. The van der Waals surface area contributed by atoms with E-state index in [4.69, 9.17) is 4.74 Å². The molecule has 4 heterocycles. The van der Waals surface area contributed by atoms with Crippen LogP contribution in [0.15, 0.2) is 36.9 Å². The maximum atomic E-state index is 12.9. The van der Waals surface area contributed by atoms with Crippen molar-refractivity contribution in [3.63, 3.8) is 0 Å². The zero-order valence-electron chi connectivity index (χ0n) is 15.2. The predicted molar refractivity (Wildman–Crippen MR) is 96.5 cm³/mol. The lowest BCUT2D eigenvalue weighted by Crippen LogP contribution is -2.43. The molecule has 0 radical (unpaired) electrons. The normalized spacial score (nSPS) is 24.1. The van der Waals surface area contributed by atoms with Crippen LogP contribution in [-0.4, -0.2) is 69.6 Å². The standard InChI is InChI=1S/C19H25N5O2/c1-22-8-6-21-17(22)12-23-7-4-19(13-23)14-24(9-10-26-15-19)18(25)16-3-2-5-20-11-16/h2-3,5-6,8,11H,4,7,9-10,12-15H2,1H3/t19-/m0/s1. The van der Waals surface area contributed by atoms with Gasteiger partial charge in [0.05, 0.1) is 25.3 Å². The Balaban J connectivity index is 1.46. The van der Waals surface area contributed by atoms with E-state index in [2.05, 4.69) is 19.4 Å². The molecule has 0 aliphatic carbocycles. The maximum absolute atomic E-state index is 12.9. The van der Waals surface area contributed by atoms with Crippen molar-refractivity contribution in [3.8, 4) is 0 Å². The second-order valence-corrected chi connectivity index (χ2v) is 7.44. The van der Waals surface area contributed by atoms with E-state index < -0.39 is 0 Å². The summed E-state index contributed by atoms with van der Waals surface area (Å²) in [6.07, 6.45) is 8.18. The van der Waals surface area contributed by atoms with Gasteiger partial charge in [0.15, 0.2) is 0 Å². The quantitative estimate of drug-likeness (QED) is 0.827. The number of amides is 1. The van der Waals surface area contributed by atoms with E-state index in [9.17, 15) is 4.79 Å². The molecule has 0 N–H and O–H groups in total. The first-order chi connectivity index (χ1) is 12.7. The van der Waals surface area contributed by atoms with E-state index in [0.29, 0.717) is 25.3 Å². The molecule has 0 aromatic carbocycles. The average Bonchev–Trinajstić information content (AvgIpc) is 3.17. The first-order valence-electron chi connectivity index (χ1n) is 9.11. The third kappa shape index (κ3) is 3.50. The van der Waals surface area contributed by atoms with Crippen LogP contribution in [0.5, 0.6) is 0 Å². The Kier molecular flexibility index (Phi) is 4.74. The van der Waals surface area contributed by atoms with Crippen LogP contribution in [-0.2, 0) is 18.3 Å². The molecule has 2 aliphatic rings. The third-order valence-electron chi connectivity index (χ3n) is 5.44. The Morgan fingerprint density at radius 2 is 2.23 bits per heavy atom. The van der Waals surface area contributed by atoms with Crippen LogP contribution in [0.3, 0.4) is 0 Å². The molecule has 2 aromatic heterocycles. The monoisotopic (exact) mass is 355 g/mol. The van der Waals surface area contributed by atoms with Gasteiger partial charge in [-0.1, -0.05) is 0 Å². The Labute approximate surface area is 153 Å². The number of aromatic nitrogens is 3. The Bertz CT molecular complexity index is 762. The number of hydrogen-bond donors (Lipinski definition) is 0. The number of carbonyl (C=O) groups excluding carboxylic acids is 1. The van der Waals surface area contributed by atoms with Crippen LogP contribution in [0.2, 0.25) is 0 Å². The van der Waals surface area contributed by atoms with Gasteiger partial charge in [0.2, 0.25) is 0 Å². The van der Waals surface area contributed by atoms with Crippen LogP contribution in [0.25, 0.3) is 0 Å². The van der Waals surface area contributed by atoms with Gasteiger partial charge in [-0.05, 0) is 25.1 Å². The predicted octanol–water partition coefficient (Wildman–Crippen LogP) is 1.18. The molecule has 0 bridgehead atoms. The van der Waals surface area contributed by atoms with Gasteiger partial charge in [0.25, 0.3) is 5.91 Å². The Morgan fingerprint density at radius 3 is 3.00 bits per heavy atom. The van der Waals surface area contributed by atoms with Gasteiger partial charge >= 0.3 is 0 Å². The van der Waals surface area contributed by atoms with Crippen LogP contribution in [0.4, 0.5) is 0 Å². The summed E-state index contributed by atoms with van der Waals surface area (Å²) in [5, 5.41) is 0. The molecular weight excluding hydrogens is 330 g/mol. The fourth-order valence-corrected chi connectivity index (χ4v) is 4.00. The van der Waals surface area contributed by atoms with Crippen molar-refractivity contribution in [1.29, 1.82) is 0 Å². The second-order valence-electron chi connectivity index (χ2n) is 7.44. The highest BCUT2D eigenvalue weighted by atomic mass is 16.5. The van der Waals surface area contributed by atoms with Crippen molar-refractivity contribution >= 4 is 5.91 Å². The van der Waals surface area contributed by atoms with E-state index >= 15 is 0 Å². The van der Waals surface area contributed by atoms with Crippen LogP contribution in [0, 0.1) is 5.41 Å². The molecular formula is C19H25N5O2. The van der Waals surface area contributed by atoms with Gasteiger partial charge in [0.1, 0.15) is 5.82 Å². The number of pyridine rings is 1. The van der Waals surface area contributed by atoms with Gasteiger partial charge in [-0.3, -0.25) is 14.7 Å². The topological polar surface area (TPSA) is 63.5 Å². The fourth-order valence-electron chi connectivity index (χ4n) is 4.00. The van der Waals surface area contributed by atoms with Crippen LogP contribution >= 0.6 is 0 Å². The minimum Gasteiger partial charge on any atom is -0.379 e. The molecule has 138 valence electrons. The van der Waals surface area contributed by atoms with E-state index in [1.54, 1.807) is 12.4 Å². The molecule has 0 unspecified atom stereocenters. The zero-order valence-corrected chi connectivity index (χ0v) is 15.2. The summed E-state index contributed by atoms with van der Waals surface area (Å²) in [5.74, 6) is 1.12. The SMILES string of the molecule is Cn1ccnc1CN1CC[C@]2(COCCN(C(=O)c3cccnc3)C2)C1. The lowest BCUT2D eigenvalue weighted by molar-refractivity contribution is 0.0642. The summed E-state index contributed by atoms with van der Waals surface area (Å²) in [7, 11) is 2.03. The molecule has 1 spiro atoms. The highest BCUT2D eigenvalue weighted by Gasteiger charge is 2.42. The summed E-state index contributed by atoms with van der Waals surface area (Å²) in [6.45, 7) is 5.43. The fraction of sp³-hybridized carbons (Fsp3) is 0.526. The Hall–Kier alpha value is -2.25. The first-order valence-corrected chi connectivity index (χ1v) is 9.11. The number of aryl methyl sites for hydroxylation is 1. The van der Waals surface area contributed by atoms with Gasteiger partial charge in [-0.25, -0.2) is 4.98 Å². The number of likely N-dealkylation sites (tertiary alicyclic amines) is 1. The van der Waals surface area contributed by atoms with Gasteiger partial charge in [-0.15, -0.1) is 0 Å². The number of rotatable bonds is 3. The lowest BCUT2D eigenvalue weighted by atomic mass is 9.87. The van der Waals surface area contributed by atoms with Crippen molar-refractivity contribution in [1.82, 2.24) is 24.3 Å². The van der Waals surface area contributed by atoms with E-state index in [1.165, 1.54) is 0 Å². The summed E-state index contributed by atoms with van der Waals surface area (Å²) in [4.78, 5) is 25.7. The molecule has 1 atom stereocenters. The number of nitrogens with zero attached hydrogens (tertiary/aromatic N) is 5. The minimum absolute atomic E-state index is 0.000463. The van der Waals surface area contributed by atoms with Crippen molar-refractivity contribution < 1.29 is 9.53 Å². The molecule has 2 fully saturated rings. The van der Waals surface area contributed by atoms with Gasteiger partial charge in [0, 0.05) is 56.9 Å². The minimum atomic E-state index is -0.000463. The molecule has 4 rings (SSSR count). The number of ether oxygens (including phenoxy) is 1. The van der Waals surface area contributed by atoms with Gasteiger partial charge in [-0.2, -0.15) is 0 Å². The maximum Gasteiger partial charge on any atom is 0.255 e. The smallest absolute Gasteiger partial charge is 0.255 e. The molecule has 1 amide bonds. The van der Waals surface area contributed by atoms with Crippen LogP contribution in [0.1, 0.15) is 22.6 Å². The van der Waals surface area contributed by atoms with Crippen molar-refractivity contribution in [2.24, 2.45) is 12.5 Å². The molecule has 7 heteroatoms. The molecule has 26 heavy (non-hydrogen) atoms. The summed E-state index contributed by atoms with van der Waals surface area (Å²) >= 11 is 0. The van der Waals surface area contributed by atoms with Crippen molar-refractivity contribution in [3.05, 3.63) is 48.3 Å². The van der Waals surface area contributed by atoms with E-state index in [-0.39, 0.29) is 11.3 Å². The number of imidazole rings is 1. The molecule has 2 saturated heterocycles. The summed E-state index contributed by atoms with van der Waals surface area (Å²) < 4.78 is 7.96. The highest BCUT2D eigenvalue weighted by Crippen LogP contribution is 2.34. The Morgan fingerprint density at radius 1 is 1.31 bits per heavy atom. The van der Waals surface area contributed by atoms with Crippen LogP contribution < -0.4 is 0 Å². The molecule has 2 aliphatic heterocycles. The van der Waals surface area contributed by atoms with Gasteiger partial charge < -0.3 is 14.2 Å². The number of carbonyl (C=O) groups is 1. The third-order valence-corrected chi connectivity index (χ3v) is 5.44. The van der Waals surface area contributed by atoms with E-state index in [0.717, 1.165) is 38.4 Å². The molecule has 2 aromatic rings. The van der Waals surface area contributed by atoms with Crippen molar-refractivity contribution in [2.75, 3.05) is 39.4 Å². The molecule has 7 nitrogen and oxygen atoms in total. The summed E-state index contributed by atoms with van der Waals surface area (Å²) in [5.41, 5.74) is 0.645. The second kappa shape index (κ2) is 7.17. The number of hydrogen-bond acceptors (Lipinski definition) is 5. The zero-order chi connectivity index (χ0) is 18.0. The first kappa shape index (κ1) is 17.2. The largest absolute Gasteiger partial charge is 0.379 e. The average molecular weight is 355 g/mol. The highest BCUT2D eigenvalue weighted by molar-refractivity contribution is 5.93. The van der Waals surface area contributed by atoms with E-state index in [1.807, 2.05) is 36.5 Å². The lowest BCUT2D eigenvalue weighted by Gasteiger charge is -2.32. The van der Waals surface area contributed by atoms with Crippen molar-refractivity contribution in [2.45, 2.75) is 13.0 Å².